The molecule has 1 aromatic heterocycles. The first-order valence-electron chi connectivity index (χ1n) is 6.10. The molecule has 0 aliphatic carbocycles. The fourth-order valence-electron chi connectivity index (χ4n) is 1.96. The Hall–Kier alpha value is -1.14. The molecule has 2 rings (SSSR count). The van der Waals surface area contributed by atoms with Crippen molar-refractivity contribution in [3.8, 4) is 0 Å². The van der Waals surface area contributed by atoms with Crippen molar-refractivity contribution in [1.82, 2.24) is 10.3 Å². The van der Waals surface area contributed by atoms with E-state index in [0.29, 0.717) is 13.1 Å². The van der Waals surface area contributed by atoms with Gasteiger partial charge in [0, 0.05) is 19.1 Å². The van der Waals surface area contributed by atoms with Crippen LogP contribution >= 0.6 is 0 Å². The van der Waals surface area contributed by atoms with Gasteiger partial charge in [-0.05, 0) is 26.1 Å². The molecule has 1 aliphatic rings. The molecule has 2 heterocycles. The zero-order chi connectivity index (χ0) is 13.2. The van der Waals surface area contributed by atoms with E-state index in [9.17, 15) is 8.42 Å². The second-order valence-electron chi connectivity index (χ2n) is 4.59. The van der Waals surface area contributed by atoms with Crippen LogP contribution in [0.1, 0.15) is 18.7 Å². The van der Waals surface area contributed by atoms with Crippen LogP contribution in [-0.2, 0) is 9.84 Å². The van der Waals surface area contributed by atoms with Crippen LogP contribution in [0, 0.1) is 0 Å². The topological polar surface area (TPSA) is 62.3 Å². The number of aromatic nitrogens is 1. The van der Waals surface area contributed by atoms with E-state index in [1.54, 1.807) is 0 Å². The molecule has 18 heavy (non-hydrogen) atoms. The van der Waals surface area contributed by atoms with E-state index in [1.807, 2.05) is 25.4 Å². The average Bonchev–Trinajstić information content (AvgIpc) is 2.38. The lowest BCUT2D eigenvalue weighted by Crippen LogP contribution is -2.40. The van der Waals surface area contributed by atoms with E-state index in [-0.39, 0.29) is 17.5 Å². The van der Waals surface area contributed by atoms with Gasteiger partial charge in [0.15, 0.2) is 9.84 Å². The first kappa shape index (κ1) is 13.3. The number of pyridine rings is 1. The van der Waals surface area contributed by atoms with Gasteiger partial charge < -0.3 is 10.2 Å². The lowest BCUT2D eigenvalue weighted by molar-refractivity contribution is 0.586. The summed E-state index contributed by atoms with van der Waals surface area (Å²) in [5.41, 5.74) is 1.99. The molecular weight excluding hydrogens is 250 g/mol. The van der Waals surface area contributed by atoms with Gasteiger partial charge in [0.2, 0.25) is 0 Å². The maximum atomic E-state index is 11.4. The molecule has 100 valence electrons. The molecule has 0 spiro atoms. The zero-order valence-corrected chi connectivity index (χ0v) is 11.6. The molecule has 6 heteroatoms. The predicted molar refractivity (Wildman–Crippen MR) is 72.6 cm³/mol. The van der Waals surface area contributed by atoms with Crippen molar-refractivity contribution in [2.75, 3.05) is 36.5 Å². The zero-order valence-electron chi connectivity index (χ0n) is 10.8. The van der Waals surface area contributed by atoms with Crippen LogP contribution in [0.2, 0.25) is 0 Å². The van der Waals surface area contributed by atoms with Gasteiger partial charge in [-0.1, -0.05) is 0 Å². The summed E-state index contributed by atoms with van der Waals surface area (Å²) < 4.78 is 22.7. The predicted octanol–water partition coefficient (Wildman–Crippen LogP) is 0.597. The number of rotatable bonds is 3. The Balaban J connectivity index is 2.07. The molecule has 1 atom stereocenters. The van der Waals surface area contributed by atoms with Gasteiger partial charge in [-0.2, -0.15) is 0 Å². The van der Waals surface area contributed by atoms with Gasteiger partial charge in [-0.15, -0.1) is 0 Å². The van der Waals surface area contributed by atoms with Crippen LogP contribution in [0.3, 0.4) is 0 Å². The smallest absolute Gasteiger partial charge is 0.153 e. The van der Waals surface area contributed by atoms with E-state index in [2.05, 4.69) is 22.1 Å². The fraction of sp³-hybridized carbons (Fsp3) is 0.583. The van der Waals surface area contributed by atoms with Crippen molar-refractivity contribution < 1.29 is 8.42 Å². The van der Waals surface area contributed by atoms with E-state index < -0.39 is 9.84 Å². The SMILES string of the molecule is CNC(C)c1ccc(N2CCS(=O)(=O)CC2)cn1. The van der Waals surface area contributed by atoms with Crippen LogP contribution in [0.4, 0.5) is 5.69 Å². The normalized spacial score (nSPS) is 20.7. The molecule has 1 aliphatic heterocycles. The van der Waals surface area contributed by atoms with Crippen LogP contribution in [-0.4, -0.2) is 45.0 Å². The summed E-state index contributed by atoms with van der Waals surface area (Å²) in [7, 11) is -0.923. The highest BCUT2D eigenvalue weighted by Crippen LogP contribution is 2.18. The lowest BCUT2D eigenvalue weighted by atomic mass is 10.2. The van der Waals surface area contributed by atoms with Crippen molar-refractivity contribution in [3.63, 3.8) is 0 Å². The first-order chi connectivity index (χ1) is 8.52. The summed E-state index contributed by atoms with van der Waals surface area (Å²) in [6.07, 6.45) is 1.82. The van der Waals surface area contributed by atoms with Gasteiger partial charge in [0.25, 0.3) is 0 Å². The number of sulfone groups is 1. The van der Waals surface area contributed by atoms with Crippen molar-refractivity contribution >= 4 is 15.5 Å². The maximum absolute atomic E-state index is 11.4. The molecule has 5 nitrogen and oxygen atoms in total. The summed E-state index contributed by atoms with van der Waals surface area (Å²) in [5, 5.41) is 3.14. The largest absolute Gasteiger partial charge is 0.368 e. The van der Waals surface area contributed by atoms with E-state index in [1.165, 1.54) is 0 Å². The minimum Gasteiger partial charge on any atom is -0.368 e. The summed E-state index contributed by atoms with van der Waals surface area (Å²) in [6, 6.07) is 4.22. The molecular formula is C12H19N3O2S. The summed E-state index contributed by atoms with van der Waals surface area (Å²) in [6.45, 7) is 3.17. The first-order valence-corrected chi connectivity index (χ1v) is 7.92. The molecule has 1 N–H and O–H groups in total. The van der Waals surface area contributed by atoms with Gasteiger partial charge in [-0.3, -0.25) is 4.98 Å². The maximum Gasteiger partial charge on any atom is 0.153 e. The Kier molecular flexibility index (Phi) is 3.87. The van der Waals surface area contributed by atoms with Crippen LogP contribution in [0.5, 0.6) is 0 Å². The number of hydrogen-bond donors (Lipinski definition) is 1. The minimum atomic E-state index is -2.82. The molecule has 0 bridgehead atoms. The van der Waals surface area contributed by atoms with Gasteiger partial charge in [-0.25, -0.2) is 8.42 Å². The molecule has 0 aromatic carbocycles. The molecule has 1 aromatic rings. The highest BCUT2D eigenvalue weighted by molar-refractivity contribution is 7.91. The summed E-state index contributed by atoms with van der Waals surface area (Å²) >= 11 is 0. The second-order valence-corrected chi connectivity index (χ2v) is 6.89. The van der Waals surface area contributed by atoms with Crippen LogP contribution in [0.25, 0.3) is 0 Å². The molecule has 0 amide bonds. The van der Waals surface area contributed by atoms with Crippen LogP contribution in [0.15, 0.2) is 18.3 Å². The highest BCUT2D eigenvalue weighted by atomic mass is 32.2. The monoisotopic (exact) mass is 269 g/mol. The van der Waals surface area contributed by atoms with Crippen molar-refractivity contribution in [2.24, 2.45) is 0 Å². The Labute approximate surface area is 108 Å². The Morgan fingerprint density at radius 3 is 2.50 bits per heavy atom. The van der Waals surface area contributed by atoms with Crippen molar-refractivity contribution in [3.05, 3.63) is 24.0 Å². The minimum absolute atomic E-state index is 0.223. The van der Waals surface area contributed by atoms with Gasteiger partial charge >= 0.3 is 0 Å². The Bertz CT molecular complexity index is 485. The Morgan fingerprint density at radius 1 is 1.33 bits per heavy atom. The molecule has 1 saturated heterocycles. The molecule has 1 unspecified atom stereocenters. The molecule has 0 radical (unpaired) electrons. The summed E-state index contributed by atoms with van der Waals surface area (Å²) in [4.78, 5) is 6.48. The van der Waals surface area contributed by atoms with E-state index in [4.69, 9.17) is 0 Å². The number of hydrogen-bond acceptors (Lipinski definition) is 5. The third kappa shape index (κ3) is 3.00. The highest BCUT2D eigenvalue weighted by Gasteiger charge is 2.21. The number of anilines is 1. The Morgan fingerprint density at radius 2 is 2.00 bits per heavy atom. The third-order valence-corrected chi connectivity index (χ3v) is 4.97. The van der Waals surface area contributed by atoms with Gasteiger partial charge in [0.05, 0.1) is 29.1 Å². The molecule has 1 fully saturated rings. The number of nitrogens with one attached hydrogen (secondary N) is 1. The van der Waals surface area contributed by atoms with Crippen molar-refractivity contribution in [1.29, 1.82) is 0 Å². The number of nitrogens with zero attached hydrogens (tertiary/aromatic N) is 2. The van der Waals surface area contributed by atoms with Crippen molar-refractivity contribution in [2.45, 2.75) is 13.0 Å². The molecule has 0 saturated carbocycles. The van der Waals surface area contributed by atoms with E-state index >= 15 is 0 Å². The van der Waals surface area contributed by atoms with E-state index in [0.717, 1.165) is 11.4 Å². The quantitative estimate of drug-likeness (QED) is 0.870. The standard InChI is InChI=1S/C12H19N3O2S/c1-10(13-2)12-4-3-11(9-14-12)15-5-7-18(16,17)8-6-15/h3-4,9-10,13H,5-8H2,1-2H3. The van der Waals surface area contributed by atoms with Gasteiger partial charge in [0.1, 0.15) is 0 Å². The summed E-state index contributed by atoms with van der Waals surface area (Å²) in [5.74, 6) is 0.476. The lowest BCUT2D eigenvalue weighted by Gasteiger charge is -2.28. The second kappa shape index (κ2) is 5.24. The third-order valence-electron chi connectivity index (χ3n) is 3.36. The average molecular weight is 269 g/mol. The van der Waals surface area contributed by atoms with Crippen LogP contribution < -0.4 is 10.2 Å². The fourth-order valence-corrected chi connectivity index (χ4v) is 3.16.